The van der Waals surface area contributed by atoms with Gasteiger partial charge < -0.3 is 5.32 Å². The third kappa shape index (κ3) is 2.94. The highest BCUT2D eigenvalue weighted by Crippen LogP contribution is 2.36. The molecule has 1 spiro atoms. The lowest BCUT2D eigenvalue weighted by Gasteiger charge is -2.32. The second kappa shape index (κ2) is 5.53. The van der Waals surface area contributed by atoms with Gasteiger partial charge in [-0.05, 0) is 37.5 Å². The van der Waals surface area contributed by atoms with Gasteiger partial charge in [-0.1, -0.05) is 31.0 Å². The van der Waals surface area contributed by atoms with Crippen molar-refractivity contribution in [1.29, 1.82) is 0 Å². The summed E-state index contributed by atoms with van der Waals surface area (Å²) >= 11 is 1.89. The fourth-order valence-electron chi connectivity index (χ4n) is 2.97. The predicted octanol–water partition coefficient (Wildman–Crippen LogP) is 3.54. The zero-order chi connectivity index (χ0) is 13.1. The van der Waals surface area contributed by atoms with Gasteiger partial charge in [-0.25, -0.2) is 0 Å². The van der Waals surface area contributed by atoms with Crippen LogP contribution in [-0.2, 0) is 0 Å². The molecular weight excluding hydrogens is 254 g/mol. The molecule has 102 valence electrons. The van der Waals surface area contributed by atoms with E-state index in [0.717, 1.165) is 5.17 Å². The molecule has 3 nitrogen and oxygen atoms in total. The van der Waals surface area contributed by atoms with Crippen molar-refractivity contribution < 1.29 is 0 Å². The summed E-state index contributed by atoms with van der Waals surface area (Å²) in [6, 6.07) is 4.30. The average Bonchev–Trinajstić information content (AvgIpc) is 2.83. The first-order valence-corrected chi connectivity index (χ1v) is 8.15. The van der Waals surface area contributed by atoms with Crippen molar-refractivity contribution in [2.75, 3.05) is 5.75 Å². The van der Waals surface area contributed by atoms with E-state index in [2.05, 4.69) is 17.2 Å². The highest BCUT2D eigenvalue weighted by atomic mass is 32.2. The number of amidine groups is 1. The quantitative estimate of drug-likeness (QED) is 0.897. The van der Waals surface area contributed by atoms with Crippen LogP contribution in [0, 0.1) is 0 Å². The van der Waals surface area contributed by atoms with E-state index in [1.807, 2.05) is 36.3 Å². The van der Waals surface area contributed by atoms with Crippen molar-refractivity contribution in [2.45, 2.75) is 50.6 Å². The van der Waals surface area contributed by atoms with Crippen LogP contribution >= 0.6 is 11.8 Å². The zero-order valence-corrected chi connectivity index (χ0v) is 12.2. The zero-order valence-electron chi connectivity index (χ0n) is 11.4. The monoisotopic (exact) mass is 275 g/mol. The van der Waals surface area contributed by atoms with Gasteiger partial charge in [0.25, 0.3) is 0 Å². The first-order valence-electron chi connectivity index (χ1n) is 7.16. The third-order valence-corrected chi connectivity index (χ3v) is 5.35. The number of aromatic nitrogens is 1. The first-order chi connectivity index (χ1) is 9.27. The molecule has 1 aliphatic carbocycles. The molecule has 0 amide bonds. The van der Waals surface area contributed by atoms with Gasteiger partial charge in [0.05, 0.1) is 6.04 Å². The summed E-state index contributed by atoms with van der Waals surface area (Å²) in [5.74, 6) is 1.19. The van der Waals surface area contributed by atoms with Crippen molar-refractivity contribution >= 4 is 16.9 Å². The van der Waals surface area contributed by atoms with Crippen LogP contribution in [0.1, 0.15) is 50.6 Å². The molecular formula is C15H21N3S. The third-order valence-electron chi connectivity index (χ3n) is 4.17. The van der Waals surface area contributed by atoms with Gasteiger partial charge in [0.1, 0.15) is 0 Å². The van der Waals surface area contributed by atoms with Crippen LogP contribution in [0.3, 0.4) is 0 Å². The van der Waals surface area contributed by atoms with E-state index >= 15 is 0 Å². The summed E-state index contributed by atoms with van der Waals surface area (Å²) < 4.78 is 0. The number of nitrogens with zero attached hydrogens (tertiary/aromatic N) is 2. The number of hydrogen-bond acceptors (Lipinski definition) is 3. The van der Waals surface area contributed by atoms with E-state index in [4.69, 9.17) is 4.99 Å². The molecule has 3 rings (SSSR count). The molecule has 0 radical (unpaired) electrons. The Labute approximate surface area is 119 Å². The standard InChI is InChI=1S/C15H21N3S/c1-12(13-5-9-16-10-6-13)17-14-18-15(11-19-14)7-3-2-4-8-15/h5-6,9-10,12H,2-4,7-8,11H2,1H3,(H,17,18). The second-order valence-corrected chi connectivity index (χ2v) is 6.61. The van der Waals surface area contributed by atoms with Gasteiger partial charge in [0.2, 0.25) is 0 Å². The van der Waals surface area contributed by atoms with Crippen molar-refractivity contribution in [3.63, 3.8) is 0 Å². The van der Waals surface area contributed by atoms with Crippen LogP contribution in [0.15, 0.2) is 29.5 Å². The van der Waals surface area contributed by atoms with Gasteiger partial charge in [-0.2, -0.15) is 0 Å². The smallest absolute Gasteiger partial charge is 0.157 e. The SMILES string of the molecule is CC(N=C1NC2(CCCCC2)CS1)c1ccncc1. The Balaban J connectivity index is 1.68. The fraction of sp³-hybridized carbons (Fsp3) is 0.600. The summed E-state index contributed by atoms with van der Waals surface area (Å²) in [5, 5.41) is 4.84. The Morgan fingerprint density at radius 1 is 1.26 bits per heavy atom. The molecule has 1 unspecified atom stereocenters. The summed E-state index contributed by atoms with van der Waals surface area (Å²) in [6.07, 6.45) is 10.4. The molecule has 1 aromatic rings. The topological polar surface area (TPSA) is 37.3 Å². The van der Waals surface area contributed by atoms with E-state index in [0.29, 0.717) is 5.54 Å². The number of nitrogens with one attached hydrogen (secondary N) is 1. The van der Waals surface area contributed by atoms with Crippen molar-refractivity contribution in [3.05, 3.63) is 30.1 Å². The molecule has 0 bridgehead atoms. The largest absolute Gasteiger partial charge is 0.359 e. The molecule has 1 aliphatic heterocycles. The minimum atomic E-state index is 0.205. The Kier molecular flexibility index (Phi) is 3.78. The molecule has 1 aromatic heterocycles. The van der Waals surface area contributed by atoms with Crippen LogP contribution < -0.4 is 5.32 Å². The van der Waals surface area contributed by atoms with E-state index in [-0.39, 0.29) is 6.04 Å². The van der Waals surface area contributed by atoms with Crippen LogP contribution in [0.5, 0.6) is 0 Å². The lowest BCUT2D eigenvalue weighted by Crippen LogP contribution is -2.45. The summed E-state index contributed by atoms with van der Waals surface area (Å²) in [7, 11) is 0. The van der Waals surface area contributed by atoms with Crippen LogP contribution in [0.25, 0.3) is 0 Å². The van der Waals surface area contributed by atoms with Crippen molar-refractivity contribution in [1.82, 2.24) is 10.3 Å². The highest BCUT2D eigenvalue weighted by molar-refractivity contribution is 8.14. The molecule has 1 saturated carbocycles. The average molecular weight is 275 g/mol. The number of rotatable bonds is 2. The summed E-state index contributed by atoms with van der Waals surface area (Å²) in [5.41, 5.74) is 1.58. The molecule has 2 heterocycles. The molecule has 2 aliphatic rings. The molecule has 1 saturated heterocycles. The Morgan fingerprint density at radius 3 is 2.74 bits per heavy atom. The fourth-order valence-corrected chi connectivity index (χ4v) is 4.26. The van der Waals surface area contributed by atoms with E-state index in [1.165, 1.54) is 43.4 Å². The molecule has 1 atom stereocenters. The number of pyridine rings is 1. The number of aliphatic imine (C=N–C) groups is 1. The lowest BCUT2D eigenvalue weighted by atomic mass is 9.83. The normalized spacial score (nSPS) is 25.4. The van der Waals surface area contributed by atoms with Crippen molar-refractivity contribution in [2.24, 2.45) is 4.99 Å². The summed E-state index contributed by atoms with van der Waals surface area (Å²) in [4.78, 5) is 8.90. The Bertz CT molecular complexity index is 452. The highest BCUT2D eigenvalue weighted by Gasteiger charge is 2.38. The summed E-state index contributed by atoms with van der Waals surface area (Å²) in [6.45, 7) is 2.15. The van der Waals surface area contributed by atoms with E-state index in [1.54, 1.807) is 0 Å². The maximum atomic E-state index is 4.84. The second-order valence-electron chi connectivity index (χ2n) is 5.65. The molecule has 0 aromatic carbocycles. The first kappa shape index (κ1) is 13.0. The van der Waals surface area contributed by atoms with Gasteiger partial charge in [0, 0.05) is 23.7 Å². The molecule has 2 fully saturated rings. The Hall–Kier alpha value is -1.03. The van der Waals surface area contributed by atoms with Crippen molar-refractivity contribution in [3.8, 4) is 0 Å². The maximum absolute atomic E-state index is 4.84. The van der Waals surface area contributed by atoms with Crippen LogP contribution in [-0.4, -0.2) is 21.4 Å². The van der Waals surface area contributed by atoms with Gasteiger partial charge >= 0.3 is 0 Å². The maximum Gasteiger partial charge on any atom is 0.157 e. The van der Waals surface area contributed by atoms with E-state index in [9.17, 15) is 0 Å². The van der Waals surface area contributed by atoms with Gasteiger partial charge in [0.15, 0.2) is 5.17 Å². The lowest BCUT2D eigenvalue weighted by molar-refractivity contribution is 0.303. The minimum Gasteiger partial charge on any atom is -0.359 e. The Morgan fingerprint density at radius 2 is 2.00 bits per heavy atom. The number of thioether (sulfide) groups is 1. The molecule has 4 heteroatoms. The molecule has 19 heavy (non-hydrogen) atoms. The molecule has 1 N–H and O–H groups in total. The van der Waals surface area contributed by atoms with Gasteiger partial charge in [-0.3, -0.25) is 9.98 Å². The van der Waals surface area contributed by atoms with Crippen LogP contribution in [0.4, 0.5) is 0 Å². The van der Waals surface area contributed by atoms with Crippen LogP contribution in [0.2, 0.25) is 0 Å². The van der Waals surface area contributed by atoms with E-state index < -0.39 is 0 Å². The number of hydrogen-bond donors (Lipinski definition) is 1. The minimum absolute atomic E-state index is 0.205. The predicted molar refractivity (Wildman–Crippen MR) is 81.5 cm³/mol. The van der Waals surface area contributed by atoms with Gasteiger partial charge in [-0.15, -0.1) is 0 Å².